The van der Waals surface area contributed by atoms with Gasteiger partial charge < -0.3 is 27.9 Å². The first kappa shape index (κ1) is 82.7. The SMILES string of the molecule is Cc1cccc2c1nc1n(-c3ccccn3)c3[c-]c(N(c4[c-]c(N5C=CN(C)[CH-]5)ccc4)c4ccccc4)ccc3n21.Cc1cccc2c1nc1n(-c3ccccn3)c3[c-]c([Si](C)(c4[c-]c(-n5cccn5)ccc4)c4ccccc4)ccc3n21.Cc1ccnc(-n2c3[c-]c([Si](C)(C)c4[c-]c(-n5cccn5)ccc4)ccc3n3c4cccc(C)c4nc23)c1.[Pt+2].[Pt+2].[Pt]. The van der Waals surface area contributed by atoms with E-state index in [0.717, 1.165) is 163 Å². The summed E-state index contributed by atoms with van der Waals surface area (Å²) in [4.78, 5) is 35.8. The van der Waals surface area contributed by atoms with Crippen molar-refractivity contribution < 1.29 is 63.2 Å². The number of anilines is 4. The first-order valence-electron chi connectivity index (χ1n) is 40.5. The van der Waals surface area contributed by atoms with E-state index in [-0.39, 0.29) is 63.2 Å². The molecule has 23 rings (SSSR count). The zero-order valence-electron chi connectivity index (χ0n) is 69.1. The molecule has 0 radical (unpaired) electrons. The molecular formula is C101H78N19Pt3Si2-3. The molecule has 19 nitrogen and oxygen atoms in total. The average Bonchev–Trinajstić information content (AvgIpc) is 1.48. The predicted octanol–water partition coefficient (Wildman–Crippen LogP) is 17.6. The summed E-state index contributed by atoms with van der Waals surface area (Å²) in [6.45, 7) is 17.5. The van der Waals surface area contributed by atoms with Crippen LogP contribution in [0.1, 0.15) is 22.3 Å². The minimum absolute atomic E-state index is 0. The van der Waals surface area contributed by atoms with Crippen molar-refractivity contribution in [2.45, 2.75) is 47.3 Å². The van der Waals surface area contributed by atoms with Gasteiger partial charge in [-0.3, -0.25) is 23.1 Å². The van der Waals surface area contributed by atoms with E-state index in [0.29, 0.717) is 0 Å². The predicted molar refractivity (Wildman–Crippen MR) is 493 cm³/mol. The summed E-state index contributed by atoms with van der Waals surface area (Å²) in [6, 6.07) is 115. The van der Waals surface area contributed by atoms with Crippen molar-refractivity contribution in [2.24, 2.45) is 0 Å². The Labute approximate surface area is 767 Å². The number of imidazole rings is 6. The van der Waals surface area contributed by atoms with Crippen molar-refractivity contribution >= 4 is 148 Å². The molecule has 618 valence electrons. The second-order valence-electron chi connectivity index (χ2n) is 31.4. The third kappa shape index (κ3) is 14.5. The standard InChI is InChI=1S/C35H26N7.C35H26N6Si.C31H26N6Si.3Pt/c1-25-10-8-15-31-34(25)37-35-41(31)30-18-17-29(23-32(30)42(35)33-16-6-7-19-36-33)40(26-11-4-3-5-12-26)28-14-9-13-27(22-28)39-21-20-38(2)24-39;1-25-11-8-16-31-34(25)38-35-40(31)30-19-18-29(24-32(30)41(35)33-17-6-7-20-36-33)42(2,27-13-4-3-5-14-27)28-15-9-12-26(23-28)39-22-10-21-37-39;1-21-14-16-32-29(18-21)37-28-20-25(38(3,4)24-10-6-9-23(19-24)35-17-7-15-33-35)12-13-26(28)36-27-11-5-8-22(2)30(27)34-31(36)37;;;/h3-21,24H,1-2H3;3-22H,1-2H3;5-18H,1-4H3;;;/q-3;2*-2;;2*+2. The second-order valence-corrected chi connectivity index (χ2v) is 39.7. The molecule has 0 bridgehead atoms. The molecule has 0 aliphatic carbocycles. The quantitative estimate of drug-likeness (QED) is 0.0581. The van der Waals surface area contributed by atoms with Crippen molar-refractivity contribution in [1.29, 1.82) is 0 Å². The Balaban J connectivity index is 0.000000126. The van der Waals surface area contributed by atoms with Gasteiger partial charge in [-0.2, -0.15) is 104 Å². The number of fused-ring (bicyclic) bond motifs is 15. The molecule has 1 aliphatic heterocycles. The summed E-state index contributed by atoms with van der Waals surface area (Å²) in [5, 5.41) is 14.9. The Kier molecular flexibility index (Phi) is 22.3. The van der Waals surface area contributed by atoms with E-state index in [4.69, 9.17) is 29.9 Å². The number of nitrogens with zero attached hydrogens (tertiary/aromatic N) is 19. The van der Waals surface area contributed by atoms with Crippen LogP contribution < -0.4 is 35.7 Å². The molecule has 0 saturated carbocycles. The van der Waals surface area contributed by atoms with E-state index < -0.39 is 16.1 Å². The number of hydrogen-bond donors (Lipinski definition) is 0. The maximum atomic E-state index is 5.14. The van der Waals surface area contributed by atoms with Crippen LogP contribution in [0.2, 0.25) is 19.6 Å². The van der Waals surface area contributed by atoms with E-state index in [1.54, 1.807) is 12.4 Å². The molecule has 1 aliphatic rings. The molecule has 1 unspecified atom stereocenters. The Morgan fingerprint density at radius 2 is 0.808 bits per heavy atom. The van der Waals surface area contributed by atoms with Crippen LogP contribution >= 0.6 is 0 Å². The fourth-order valence-corrected chi connectivity index (χ4v) is 22.5. The number of aromatic nitrogens is 16. The van der Waals surface area contributed by atoms with Crippen molar-refractivity contribution in [2.75, 3.05) is 16.8 Å². The molecule has 0 saturated heterocycles. The van der Waals surface area contributed by atoms with Gasteiger partial charge >= 0.3 is 42.1 Å². The molecule has 11 aromatic carbocycles. The number of pyridine rings is 3. The van der Waals surface area contributed by atoms with Gasteiger partial charge in [0, 0.05) is 70.1 Å². The van der Waals surface area contributed by atoms with Gasteiger partial charge in [0.25, 0.3) is 0 Å². The number of aryl methyl sites for hydroxylation is 4. The van der Waals surface area contributed by atoms with Crippen LogP contribution in [0.15, 0.2) is 323 Å². The first-order valence-corrected chi connectivity index (χ1v) is 46.0. The van der Waals surface area contributed by atoms with Gasteiger partial charge in [-0.25, -0.2) is 29.9 Å². The van der Waals surface area contributed by atoms with Crippen molar-refractivity contribution in [3.8, 4) is 28.8 Å². The second kappa shape index (κ2) is 33.8. The number of rotatable bonds is 14. The summed E-state index contributed by atoms with van der Waals surface area (Å²) < 4.78 is 16.8. The van der Waals surface area contributed by atoms with E-state index in [9.17, 15) is 0 Å². The van der Waals surface area contributed by atoms with Crippen LogP contribution in [0.3, 0.4) is 0 Å². The Morgan fingerprint density at radius 1 is 0.360 bits per heavy atom. The van der Waals surface area contributed by atoms with Gasteiger partial charge in [-0.15, -0.1) is 66.4 Å². The molecule has 22 aromatic rings. The molecule has 0 spiro atoms. The van der Waals surface area contributed by atoms with E-state index >= 15 is 0 Å². The summed E-state index contributed by atoms with van der Waals surface area (Å²) >= 11 is 0. The largest absolute Gasteiger partial charge is 2.00 e. The van der Waals surface area contributed by atoms with Gasteiger partial charge in [-0.1, -0.05) is 133 Å². The minimum atomic E-state index is -2.57. The van der Waals surface area contributed by atoms with Crippen LogP contribution in [0.5, 0.6) is 0 Å². The topological polar surface area (TPSA) is 151 Å². The molecule has 1 atom stereocenters. The molecule has 12 heterocycles. The van der Waals surface area contributed by atoms with Gasteiger partial charge in [0.1, 0.15) is 17.5 Å². The van der Waals surface area contributed by atoms with Crippen molar-refractivity contribution in [1.82, 2.24) is 81.3 Å². The third-order valence-electron chi connectivity index (χ3n) is 23.3. The molecular weight excluding hydrogens is 2120 g/mol. The van der Waals surface area contributed by atoms with Crippen LogP contribution in [-0.2, 0) is 63.2 Å². The van der Waals surface area contributed by atoms with E-state index in [2.05, 4.69) is 331 Å². The molecule has 0 fully saturated rings. The molecule has 125 heavy (non-hydrogen) atoms. The fraction of sp³-hybridized carbons (Fsp3) is 0.0792. The Morgan fingerprint density at radius 3 is 1.33 bits per heavy atom. The van der Waals surface area contributed by atoms with Gasteiger partial charge in [0.2, 0.25) is 17.3 Å². The van der Waals surface area contributed by atoms with E-state index in [1.807, 2.05) is 138 Å². The molecule has 24 heteroatoms. The zero-order chi connectivity index (χ0) is 82.5. The molecule has 0 N–H and O–H groups in total. The normalized spacial score (nSPS) is 12.6. The maximum Gasteiger partial charge on any atom is 2.00 e. The Bertz CT molecular complexity index is 7780. The monoisotopic (exact) mass is 2200 g/mol. The average molecular weight is 2200 g/mol. The first-order chi connectivity index (χ1) is 59.7. The van der Waals surface area contributed by atoms with Crippen LogP contribution in [-0.4, -0.2) is 104 Å². The molecule has 11 aromatic heterocycles. The van der Waals surface area contributed by atoms with Crippen molar-refractivity contribution in [3.05, 3.63) is 388 Å². The summed E-state index contributed by atoms with van der Waals surface area (Å²) in [7, 11) is -2.71. The smallest absolute Gasteiger partial charge is 0.510 e. The van der Waals surface area contributed by atoms with Crippen LogP contribution in [0.4, 0.5) is 22.7 Å². The number of benzene rings is 11. The maximum absolute atomic E-state index is 5.14. The van der Waals surface area contributed by atoms with Gasteiger partial charge in [0.15, 0.2) is 0 Å². The fourth-order valence-electron chi connectivity index (χ4n) is 17.0. The van der Waals surface area contributed by atoms with Gasteiger partial charge in [0.05, 0.1) is 49.2 Å². The minimum Gasteiger partial charge on any atom is -0.510 e. The summed E-state index contributed by atoms with van der Waals surface area (Å²) in [5.74, 6) is 4.94. The van der Waals surface area contributed by atoms with Crippen LogP contribution in [0, 0.1) is 70.8 Å². The zero-order valence-corrected chi connectivity index (χ0v) is 77.9. The number of hydrogen-bond acceptors (Lipinski definition) is 11. The van der Waals surface area contributed by atoms with Crippen LogP contribution in [0.25, 0.3) is 112 Å². The Hall–Kier alpha value is -13.3. The van der Waals surface area contributed by atoms with Gasteiger partial charge in [-0.05, 0) is 193 Å². The third-order valence-corrected chi connectivity index (χ3v) is 30.8. The summed E-state index contributed by atoms with van der Waals surface area (Å²) in [5.41, 5.74) is 22.4. The summed E-state index contributed by atoms with van der Waals surface area (Å²) in [6.07, 6.45) is 17.0. The van der Waals surface area contributed by atoms with Crippen molar-refractivity contribution in [3.63, 3.8) is 0 Å². The molecule has 0 amide bonds. The number of para-hydroxylation sites is 4. The van der Waals surface area contributed by atoms with E-state index in [1.165, 1.54) is 20.7 Å².